The van der Waals surface area contributed by atoms with Crippen molar-refractivity contribution in [3.05, 3.63) is 40.1 Å². The van der Waals surface area contributed by atoms with Crippen LogP contribution in [0.25, 0.3) is 5.57 Å². The molecule has 1 aromatic carbocycles. The number of carbonyl (C=O) groups is 1. The zero-order chi connectivity index (χ0) is 25.7. The Kier molecular flexibility index (Phi) is 9.10. The minimum Gasteiger partial charge on any atom is -0.507 e. The lowest BCUT2D eigenvalue weighted by Crippen LogP contribution is -2.48. The molecule has 1 aliphatic carbocycles. The third-order valence-corrected chi connectivity index (χ3v) is 8.07. The van der Waals surface area contributed by atoms with Crippen molar-refractivity contribution in [1.82, 2.24) is 15.1 Å². The highest BCUT2D eigenvalue weighted by molar-refractivity contribution is 6.20. The van der Waals surface area contributed by atoms with E-state index < -0.39 is 11.6 Å². The predicted octanol–water partition coefficient (Wildman–Crippen LogP) is 3.75. The molecule has 0 unspecified atom stereocenters. The number of aliphatic hydroxyl groups is 1. The van der Waals surface area contributed by atoms with Gasteiger partial charge in [-0.2, -0.15) is 0 Å². The molecule has 0 aromatic heterocycles. The molecule has 200 valence electrons. The van der Waals surface area contributed by atoms with Crippen LogP contribution in [0.2, 0.25) is 0 Å². The number of nitrogens with one attached hydrogen (secondary N) is 1. The Morgan fingerprint density at radius 2 is 1.64 bits per heavy atom. The second-order valence-electron chi connectivity index (χ2n) is 10.9. The van der Waals surface area contributed by atoms with E-state index in [1.54, 1.807) is 0 Å². The predicted molar refractivity (Wildman–Crippen MR) is 143 cm³/mol. The summed E-state index contributed by atoms with van der Waals surface area (Å²) >= 11 is 0. The van der Waals surface area contributed by atoms with Gasteiger partial charge in [-0.3, -0.25) is 4.90 Å². The number of esters is 1. The molecule has 2 N–H and O–H groups in total. The number of nitrogens with zero attached hydrogens (tertiary/aromatic N) is 2. The molecule has 2 heterocycles. The highest BCUT2D eigenvalue weighted by atomic mass is 16.6. The highest BCUT2D eigenvalue weighted by Crippen LogP contribution is 2.46. The van der Waals surface area contributed by atoms with Crippen LogP contribution in [0, 0.1) is 20.8 Å². The SMILES string of the molecule is CCCN1CCN(CCNCCOC2CCC3(CC2)OC(=O)C(c2c(C)cc(C)cc2C)=C3O)CC1. The largest absolute Gasteiger partial charge is 0.507 e. The van der Waals surface area contributed by atoms with E-state index in [1.807, 2.05) is 32.9 Å². The zero-order valence-electron chi connectivity index (χ0n) is 22.7. The van der Waals surface area contributed by atoms with Crippen molar-refractivity contribution in [1.29, 1.82) is 0 Å². The minimum atomic E-state index is -0.893. The van der Waals surface area contributed by atoms with E-state index in [-0.39, 0.29) is 11.9 Å². The number of rotatable bonds is 10. The van der Waals surface area contributed by atoms with Gasteiger partial charge in [0, 0.05) is 45.8 Å². The lowest BCUT2D eigenvalue weighted by atomic mass is 9.80. The quantitative estimate of drug-likeness (QED) is 0.375. The molecule has 7 heteroatoms. The molecule has 7 nitrogen and oxygen atoms in total. The molecule has 0 atom stereocenters. The number of aliphatic hydroxyl groups excluding tert-OH is 1. The number of hydrogen-bond donors (Lipinski definition) is 2. The summed E-state index contributed by atoms with van der Waals surface area (Å²) in [4.78, 5) is 18.0. The van der Waals surface area contributed by atoms with Crippen molar-refractivity contribution < 1.29 is 19.4 Å². The Bertz CT molecular complexity index is 921. The van der Waals surface area contributed by atoms with Crippen molar-refractivity contribution in [3.63, 3.8) is 0 Å². The molecule has 1 saturated heterocycles. The van der Waals surface area contributed by atoms with Gasteiger partial charge in [0.05, 0.1) is 12.7 Å². The maximum absolute atomic E-state index is 12.9. The summed E-state index contributed by atoms with van der Waals surface area (Å²) in [6.45, 7) is 17.8. The molecule has 2 aliphatic heterocycles. The van der Waals surface area contributed by atoms with E-state index in [0.29, 0.717) is 25.0 Å². The van der Waals surface area contributed by atoms with Crippen LogP contribution in [0.5, 0.6) is 0 Å². The molecule has 1 saturated carbocycles. The normalized spacial score (nSPS) is 25.7. The third kappa shape index (κ3) is 6.13. The maximum atomic E-state index is 12.9. The smallest absolute Gasteiger partial charge is 0.343 e. The molecule has 1 aromatic rings. The van der Waals surface area contributed by atoms with Crippen LogP contribution in [0.4, 0.5) is 0 Å². The first-order chi connectivity index (χ1) is 17.3. The van der Waals surface area contributed by atoms with Crippen LogP contribution >= 0.6 is 0 Å². The number of carbonyl (C=O) groups excluding carboxylic acids is 1. The summed E-state index contributed by atoms with van der Waals surface area (Å²) in [5.74, 6) is -0.295. The fourth-order valence-corrected chi connectivity index (χ4v) is 6.17. The molecule has 0 bridgehead atoms. The van der Waals surface area contributed by atoms with Crippen LogP contribution in [-0.4, -0.2) is 91.5 Å². The van der Waals surface area contributed by atoms with Gasteiger partial charge in [-0.1, -0.05) is 24.6 Å². The standard InChI is InChI=1S/C29H45N3O4/c1-5-12-31-14-16-32(17-15-31)13-10-30-11-18-35-24-6-8-29(9-7-24)27(33)26(28(34)36-29)25-22(3)19-21(2)20-23(25)4/h19-20,24,30,33H,5-18H2,1-4H3. The monoisotopic (exact) mass is 499 g/mol. The molecule has 4 rings (SSSR count). The number of aryl methyl sites for hydroxylation is 3. The first-order valence-electron chi connectivity index (χ1n) is 13.9. The van der Waals surface area contributed by atoms with Crippen LogP contribution in [-0.2, 0) is 14.3 Å². The number of benzene rings is 1. The summed E-state index contributed by atoms with van der Waals surface area (Å²) < 4.78 is 12.0. The van der Waals surface area contributed by atoms with Gasteiger partial charge in [0.2, 0.25) is 0 Å². The average molecular weight is 500 g/mol. The molecule has 2 fully saturated rings. The first-order valence-corrected chi connectivity index (χ1v) is 13.9. The topological polar surface area (TPSA) is 74.3 Å². The Morgan fingerprint density at radius 3 is 2.25 bits per heavy atom. The third-order valence-electron chi connectivity index (χ3n) is 8.07. The molecule has 3 aliphatic rings. The van der Waals surface area contributed by atoms with Crippen molar-refractivity contribution in [2.45, 2.75) is 71.5 Å². The number of piperazine rings is 1. The molecule has 36 heavy (non-hydrogen) atoms. The van der Waals surface area contributed by atoms with Gasteiger partial charge in [-0.25, -0.2) is 4.79 Å². The fourth-order valence-electron chi connectivity index (χ4n) is 6.17. The highest BCUT2D eigenvalue weighted by Gasteiger charge is 2.51. The Hall–Kier alpha value is -1.93. The molecule has 0 radical (unpaired) electrons. The van der Waals surface area contributed by atoms with Gasteiger partial charge in [0.1, 0.15) is 5.57 Å². The summed E-state index contributed by atoms with van der Waals surface area (Å²) in [5.41, 5.74) is 3.40. The second-order valence-corrected chi connectivity index (χ2v) is 10.9. The van der Waals surface area contributed by atoms with Gasteiger partial charge < -0.3 is 24.8 Å². The van der Waals surface area contributed by atoms with Crippen LogP contribution in [0.15, 0.2) is 17.9 Å². The van der Waals surface area contributed by atoms with E-state index in [9.17, 15) is 9.90 Å². The molecule has 0 amide bonds. The summed E-state index contributed by atoms with van der Waals surface area (Å²) in [5, 5.41) is 14.7. The summed E-state index contributed by atoms with van der Waals surface area (Å²) in [7, 11) is 0. The maximum Gasteiger partial charge on any atom is 0.343 e. The van der Waals surface area contributed by atoms with Gasteiger partial charge in [0.15, 0.2) is 11.4 Å². The second kappa shape index (κ2) is 12.1. The summed E-state index contributed by atoms with van der Waals surface area (Å²) in [6.07, 6.45) is 4.13. The number of hydrogen-bond acceptors (Lipinski definition) is 7. The molecular formula is C29H45N3O4. The van der Waals surface area contributed by atoms with Crippen molar-refractivity contribution >= 4 is 11.5 Å². The van der Waals surface area contributed by atoms with E-state index in [1.165, 1.54) is 39.1 Å². The van der Waals surface area contributed by atoms with E-state index >= 15 is 0 Å². The van der Waals surface area contributed by atoms with Gasteiger partial charge in [-0.05, 0) is 76.1 Å². The Balaban J connectivity index is 1.19. The van der Waals surface area contributed by atoms with E-state index in [0.717, 1.165) is 54.7 Å². The van der Waals surface area contributed by atoms with E-state index in [4.69, 9.17) is 9.47 Å². The van der Waals surface area contributed by atoms with Crippen LogP contribution in [0.1, 0.15) is 61.3 Å². The minimum absolute atomic E-state index is 0.109. The Labute approximate surface area is 216 Å². The van der Waals surface area contributed by atoms with Gasteiger partial charge >= 0.3 is 5.97 Å². The Morgan fingerprint density at radius 1 is 1.03 bits per heavy atom. The van der Waals surface area contributed by atoms with Gasteiger partial charge in [-0.15, -0.1) is 0 Å². The van der Waals surface area contributed by atoms with Crippen molar-refractivity contribution in [3.8, 4) is 0 Å². The molecular weight excluding hydrogens is 454 g/mol. The average Bonchev–Trinajstić information content (AvgIpc) is 3.07. The van der Waals surface area contributed by atoms with Crippen LogP contribution < -0.4 is 5.32 Å². The first kappa shape index (κ1) is 27.1. The lowest BCUT2D eigenvalue weighted by molar-refractivity contribution is -0.152. The zero-order valence-corrected chi connectivity index (χ0v) is 22.7. The fraction of sp³-hybridized carbons (Fsp3) is 0.690. The van der Waals surface area contributed by atoms with Crippen molar-refractivity contribution in [2.24, 2.45) is 0 Å². The summed E-state index contributed by atoms with van der Waals surface area (Å²) in [6, 6.07) is 4.10. The van der Waals surface area contributed by atoms with E-state index in [2.05, 4.69) is 22.0 Å². The lowest BCUT2D eigenvalue weighted by Gasteiger charge is -2.35. The van der Waals surface area contributed by atoms with Crippen LogP contribution in [0.3, 0.4) is 0 Å². The van der Waals surface area contributed by atoms with Crippen molar-refractivity contribution in [2.75, 3.05) is 59.0 Å². The van der Waals surface area contributed by atoms with Gasteiger partial charge in [0.25, 0.3) is 0 Å². The number of ether oxygens (including phenoxy) is 2. The molecule has 1 spiro atoms.